The Morgan fingerprint density at radius 1 is 0.900 bits per heavy atom. The van der Waals surface area contributed by atoms with Gasteiger partial charge in [-0.3, -0.25) is 0 Å². The molecule has 4 fully saturated rings. The van der Waals surface area contributed by atoms with E-state index in [1.54, 1.807) is 0 Å². The quantitative estimate of drug-likeness (QED) is 0.536. The summed E-state index contributed by atoms with van der Waals surface area (Å²) in [7, 11) is 0. The van der Waals surface area contributed by atoms with E-state index in [1.165, 1.54) is 25.7 Å². The maximum absolute atomic E-state index is 6.04. The Hall–Kier alpha value is -0.0400. The highest BCUT2D eigenvalue weighted by Crippen LogP contribution is 2.61. The van der Waals surface area contributed by atoms with Crippen molar-refractivity contribution in [1.82, 2.24) is 0 Å². The molecule has 4 aliphatic rings. The summed E-state index contributed by atoms with van der Waals surface area (Å²) in [6.07, 6.45) is 5.83. The first-order valence-electron chi connectivity index (χ1n) is 4.62. The van der Waals surface area contributed by atoms with E-state index in [0.29, 0.717) is 6.04 Å². The van der Waals surface area contributed by atoms with Gasteiger partial charge in [0.25, 0.3) is 0 Å². The van der Waals surface area contributed by atoms with Crippen molar-refractivity contribution >= 4 is 0 Å². The zero-order valence-corrected chi connectivity index (χ0v) is 6.29. The van der Waals surface area contributed by atoms with Crippen LogP contribution in [-0.4, -0.2) is 6.04 Å². The number of fused-ring (bicyclic) bond motifs is 2. The summed E-state index contributed by atoms with van der Waals surface area (Å²) < 4.78 is 0. The minimum Gasteiger partial charge on any atom is -0.327 e. The van der Waals surface area contributed by atoms with E-state index in [4.69, 9.17) is 5.73 Å². The lowest BCUT2D eigenvalue weighted by Gasteiger charge is -2.40. The van der Waals surface area contributed by atoms with Crippen LogP contribution in [0.25, 0.3) is 0 Å². The fraction of sp³-hybridized carbons (Fsp3) is 1.00. The third-order valence-electron chi connectivity index (χ3n) is 4.04. The van der Waals surface area contributed by atoms with Gasteiger partial charge in [0.05, 0.1) is 0 Å². The van der Waals surface area contributed by atoms with Crippen molar-refractivity contribution in [3.63, 3.8) is 0 Å². The number of rotatable bonds is 0. The van der Waals surface area contributed by atoms with Crippen LogP contribution in [0.5, 0.6) is 0 Å². The van der Waals surface area contributed by atoms with Crippen molar-refractivity contribution in [2.24, 2.45) is 29.4 Å². The summed E-state index contributed by atoms with van der Waals surface area (Å²) in [6.45, 7) is 0. The third kappa shape index (κ3) is 0.531. The highest BCUT2D eigenvalue weighted by atomic mass is 14.7. The molecule has 56 valence electrons. The predicted molar refractivity (Wildman–Crippen MR) is 40.4 cm³/mol. The van der Waals surface area contributed by atoms with E-state index in [0.717, 1.165) is 23.7 Å². The zero-order valence-electron chi connectivity index (χ0n) is 6.29. The van der Waals surface area contributed by atoms with Crippen LogP contribution >= 0.6 is 0 Å². The Labute approximate surface area is 62.0 Å². The van der Waals surface area contributed by atoms with Gasteiger partial charge in [-0.25, -0.2) is 0 Å². The lowest BCUT2D eigenvalue weighted by molar-refractivity contribution is 0.133. The van der Waals surface area contributed by atoms with Crippen LogP contribution < -0.4 is 5.73 Å². The summed E-state index contributed by atoms with van der Waals surface area (Å²) in [5, 5.41) is 0. The first-order chi connectivity index (χ1) is 4.86. The molecule has 1 heteroatoms. The predicted octanol–water partition coefficient (Wildman–Crippen LogP) is 1.38. The fourth-order valence-corrected chi connectivity index (χ4v) is 3.45. The molecule has 0 spiro atoms. The van der Waals surface area contributed by atoms with Gasteiger partial charge in [-0.2, -0.15) is 0 Å². The lowest BCUT2D eigenvalue weighted by atomic mass is 9.68. The molecular formula is C9H15N. The average molecular weight is 137 g/mol. The SMILES string of the molecule is N[C@@H]1C[C@H]2CC[C@@H]1[C@@H]1C[C@H]21. The molecular weight excluding hydrogens is 122 g/mol. The van der Waals surface area contributed by atoms with Gasteiger partial charge in [0.15, 0.2) is 0 Å². The Morgan fingerprint density at radius 3 is 2.40 bits per heavy atom. The molecule has 0 aromatic rings. The van der Waals surface area contributed by atoms with Crippen LogP contribution in [0.4, 0.5) is 0 Å². The summed E-state index contributed by atoms with van der Waals surface area (Å²) in [5.74, 6) is 4.21. The van der Waals surface area contributed by atoms with Crippen molar-refractivity contribution in [2.45, 2.75) is 31.7 Å². The topological polar surface area (TPSA) is 26.0 Å². The molecule has 4 rings (SSSR count). The van der Waals surface area contributed by atoms with Gasteiger partial charge in [0.1, 0.15) is 0 Å². The van der Waals surface area contributed by atoms with Gasteiger partial charge in [0.2, 0.25) is 0 Å². The van der Waals surface area contributed by atoms with Crippen LogP contribution in [0.1, 0.15) is 25.7 Å². The molecule has 4 aliphatic carbocycles. The molecule has 0 radical (unpaired) electrons. The minimum atomic E-state index is 0.586. The van der Waals surface area contributed by atoms with Crippen molar-refractivity contribution < 1.29 is 0 Å². The first-order valence-corrected chi connectivity index (χ1v) is 4.62. The molecule has 10 heavy (non-hydrogen) atoms. The van der Waals surface area contributed by atoms with Gasteiger partial charge in [-0.1, -0.05) is 0 Å². The standard InChI is InChI=1S/C9H15N/c10-9-3-5-1-2-6(9)8-4-7(5)8/h5-9H,1-4,10H2/t5-,6-,7-,8+,9-/m1/s1. The van der Waals surface area contributed by atoms with E-state index in [9.17, 15) is 0 Å². The highest BCUT2D eigenvalue weighted by molar-refractivity contribution is 5.07. The Kier molecular flexibility index (Phi) is 0.883. The molecule has 0 aromatic carbocycles. The smallest absolute Gasteiger partial charge is 0.00726 e. The second-order valence-electron chi connectivity index (χ2n) is 4.46. The zero-order chi connectivity index (χ0) is 6.72. The summed E-state index contributed by atoms with van der Waals surface area (Å²) in [4.78, 5) is 0. The molecule has 1 nitrogen and oxygen atoms in total. The highest BCUT2D eigenvalue weighted by Gasteiger charge is 2.56. The van der Waals surface area contributed by atoms with Gasteiger partial charge in [-0.05, 0) is 49.4 Å². The largest absolute Gasteiger partial charge is 0.327 e. The van der Waals surface area contributed by atoms with Gasteiger partial charge >= 0.3 is 0 Å². The Balaban J connectivity index is 1.92. The average Bonchev–Trinajstić information content (AvgIpc) is 2.66. The van der Waals surface area contributed by atoms with Gasteiger partial charge in [-0.15, -0.1) is 0 Å². The molecule has 2 N–H and O–H groups in total. The van der Waals surface area contributed by atoms with Crippen molar-refractivity contribution in [3.8, 4) is 0 Å². The lowest BCUT2D eigenvalue weighted by Crippen LogP contribution is -2.42. The number of hydrogen-bond donors (Lipinski definition) is 1. The van der Waals surface area contributed by atoms with Crippen molar-refractivity contribution in [3.05, 3.63) is 0 Å². The summed E-state index contributed by atoms with van der Waals surface area (Å²) >= 11 is 0. The van der Waals surface area contributed by atoms with E-state index < -0.39 is 0 Å². The van der Waals surface area contributed by atoms with Gasteiger partial charge in [0, 0.05) is 6.04 Å². The molecule has 0 aliphatic heterocycles. The second-order valence-corrected chi connectivity index (χ2v) is 4.46. The Morgan fingerprint density at radius 2 is 1.80 bits per heavy atom. The molecule has 2 bridgehead atoms. The molecule has 0 saturated heterocycles. The van der Waals surface area contributed by atoms with Crippen LogP contribution in [0, 0.1) is 23.7 Å². The van der Waals surface area contributed by atoms with Crippen molar-refractivity contribution in [1.29, 1.82) is 0 Å². The van der Waals surface area contributed by atoms with Crippen LogP contribution in [-0.2, 0) is 0 Å². The summed E-state index contributed by atoms with van der Waals surface area (Å²) in [5.41, 5.74) is 6.04. The maximum Gasteiger partial charge on any atom is 0.00726 e. The van der Waals surface area contributed by atoms with Crippen molar-refractivity contribution in [2.75, 3.05) is 0 Å². The van der Waals surface area contributed by atoms with Crippen LogP contribution in [0.15, 0.2) is 0 Å². The fourth-order valence-electron chi connectivity index (χ4n) is 3.45. The maximum atomic E-state index is 6.04. The molecule has 0 heterocycles. The Bertz CT molecular complexity index is 164. The van der Waals surface area contributed by atoms with E-state index >= 15 is 0 Å². The molecule has 4 saturated carbocycles. The van der Waals surface area contributed by atoms with Gasteiger partial charge < -0.3 is 5.73 Å². The van der Waals surface area contributed by atoms with Crippen LogP contribution in [0.2, 0.25) is 0 Å². The first kappa shape index (κ1) is 5.59. The number of nitrogens with two attached hydrogens (primary N) is 1. The molecule has 0 amide bonds. The second kappa shape index (κ2) is 1.58. The normalized spacial score (nSPS) is 63.9. The van der Waals surface area contributed by atoms with E-state index in [-0.39, 0.29) is 0 Å². The third-order valence-corrected chi connectivity index (χ3v) is 4.04. The monoisotopic (exact) mass is 137 g/mol. The van der Waals surface area contributed by atoms with Crippen LogP contribution in [0.3, 0.4) is 0 Å². The number of hydrogen-bond acceptors (Lipinski definition) is 1. The molecule has 5 atom stereocenters. The minimum absolute atomic E-state index is 0.586. The van der Waals surface area contributed by atoms with E-state index in [2.05, 4.69) is 0 Å². The summed E-state index contributed by atoms with van der Waals surface area (Å²) in [6, 6.07) is 0.586. The molecule has 0 aromatic heterocycles. The molecule has 0 unspecified atom stereocenters. The van der Waals surface area contributed by atoms with E-state index in [1.807, 2.05) is 0 Å².